The molecule has 0 radical (unpaired) electrons. The monoisotopic (exact) mass is 290 g/mol. The molecule has 0 saturated carbocycles. The summed E-state index contributed by atoms with van der Waals surface area (Å²) < 4.78 is 0. The lowest BCUT2D eigenvalue weighted by molar-refractivity contribution is 0.566. The van der Waals surface area contributed by atoms with E-state index < -0.39 is 0 Å². The summed E-state index contributed by atoms with van der Waals surface area (Å²) in [6.07, 6.45) is 3.63. The molecule has 0 spiro atoms. The number of nitrogens with zero attached hydrogens (tertiary/aromatic N) is 3. The first kappa shape index (κ1) is 14.9. The lowest BCUT2D eigenvalue weighted by atomic mass is 9.91. The predicted octanol–water partition coefficient (Wildman–Crippen LogP) is 2.93. The minimum absolute atomic E-state index is 0.0287. The fraction of sp³-hybridized carbons (Fsp3) is 0.467. The van der Waals surface area contributed by atoms with Crippen molar-refractivity contribution in [3.63, 3.8) is 0 Å². The Morgan fingerprint density at radius 3 is 2.40 bits per heavy atom. The van der Waals surface area contributed by atoms with E-state index >= 15 is 0 Å². The second-order valence-electron chi connectivity index (χ2n) is 5.93. The van der Waals surface area contributed by atoms with Gasteiger partial charge < -0.3 is 10.6 Å². The van der Waals surface area contributed by atoms with E-state index in [1.54, 1.807) is 11.3 Å². The maximum Gasteiger partial charge on any atom is 0.185 e. The topological polar surface area (TPSA) is 55.0 Å². The van der Waals surface area contributed by atoms with Gasteiger partial charge in [0.15, 0.2) is 5.13 Å². The molecule has 0 aliphatic carbocycles. The van der Waals surface area contributed by atoms with Crippen LogP contribution in [-0.4, -0.2) is 17.0 Å². The minimum Gasteiger partial charge on any atom is -0.347 e. The van der Waals surface area contributed by atoms with Crippen molar-refractivity contribution in [1.29, 1.82) is 0 Å². The molecule has 0 unspecified atom stereocenters. The van der Waals surface area contributed by atoms with Gasteiger partial charge in [0.1, 0.15) is 0 Å². The van der Waals surface area contributed by atoms with Gasteiger partial charge >= 0.3 is 0 Å². The number of hydrogen-bond acceptors (Lipinski definition) is 5. The van der Waals surface area contributed by atoms with Gasteiger partial charge in [0.25, 0.3) is 0 Å². The minimum atomic E-state index is 0.0287. The number of hydrogen-bond donors (Lipinski definition) is 1. The molecule has 0 bridgehead atoms. The van der Waals surface area contributed by atoms with Crippen molar-refractivity contribution in [2.45, 2.75) is 39.3 Å². The van der Waals surface area contributed by atoms with Crippen LogP contribution in [0.5, 0.6) is 0 Å². The Morgan fingerprint density at radius 2 is 1.90 bits per heavy atom. The number of anilines is 1. The Bertz CT molecular complexity index is 557. The van der Waals surface area contributed by atoms with Crippen molar-refractivity contribution in [3.05, 3.63) is 40.7 Å². The van der Waals surface area contributed by atoms with Gasteiger partial charge in [-0.15, -0.1) is 11.3 Å². The average Bonchev–Trinajstić information content (AvgIpc) is 2.84. The Morgan fingerprint density at radius 1 is 1.25 bits per heavy atom. The van der Waals surface area contributed by atoms with Crippen LogP contribution in [0.25, 0.3) is 0 Å². The molecule has 0 aliphatic rings. The molecule has 108 valence electrons. The SMILES string of the molecule is CN(Cc1ccncc1)c1nc(C(C)(C)C)c(CN)s1. The summed E-state index contributed by atoms with van der Waals surface area (Å²) in [5.74, 6) is 0. The molecule has 2 aromatic rings. The summed E-state index contributed by atoms with van der Waals surface area (Å²) in [5.41, 5.74) is 8.22. The van der Waals surface area contributed by atoms with Gasteiger partial charge in [-0.25, -0.2) is 4.98 Å². The van der Waals surface area contributed by atoms with Gasteiger partial charge in [-0.05, 0) is 17.7 Å². The summed E-state index contributed by atoms with van der Waals surface area (Å²) in [6, 6.07) is 4.05. The van der Waals surface area contributed by atoms with Crippen molar-refractivity contribution in [3.8, 4) is 0 Å². The zero-order valence-electron chi connectivity index (χ0n) is 12.6. The molecule has 0 aromatic carbocycles. The second kappa shape index (κ2) is 5.89. The number of rotatable bonds is 4. The van der Waals surface area contributed by atoms with E-state index in [1.807, 2.05) is 24.5 Å². The van der Waals surface area contributed by atoms with E-state index in [1.165, 1.54) is 10.4 Å². The van der Waals surface area contributed by atoms with Crippen LogP contribution in [-0.2, 0) is 18.5 Å². The first-order valence-corrected chi connectivity index (χ1v) is 7.53. The predicted molar refractivity (Wildman–Crippen MR) is 85.0 cm³/mol. The summed E-state index contributed by atoms with van der Waals surface area (Å²) in [7, 11) is 2.06. The molecule has 4 nitrogen and oxygen atoms in total. The highest BCUT2D eigenvalue weighted by atomic mass is 32.1. The number of aromatic nitrogens is 2. The highest BCUT2D eigenvalue weighted by Crippen LogP contribution is 2.33. The normalized spacial score (nSPS) is 11.7. The molecular formula is C15H22N4S. The fourth-order valence-corrected chi connectivity index (χ4v) is 3.17. The van der Waals surface area contributed by atoms with E-state index in [9.17, 15) is 0 Å². The van der Waals surface area contributed by atoms with Crippen LogP contribution >= 0.6 is 11.3 Å². The van der Waals surface area contributed by atoms with Gasteiger partial charge in [-0.1, -0.05) is 20.8 Å². The van der Waals surface area contributed by atoms with Crippen LogP contribution < -0.4 is 10.6 Å². The summed E-state index contributed by atoms with van der Waals surface area (Å²) in [4.78, 5) is 12.2. The van der Waals surface area contributed by atoms with Crippen molar-refractivity contribution in [2.24, 2.45) is 5.73 Å². The highest BCUT2D eigenvalue weighted by Gasteiger charge is 2.23. The third kappa shape index (κ3) is 3.35. The Balaban J connectivity index is 2.23. The maximum atomic E-state index is 5.86. The molecule has 0 saturated heterocycles. The number of nitrogens with two attached hydrogens (primary N) is 1. The fourth-order valence-electron chi connectivity index (χ4n) is 2.06. The van der Waals surface area contributed by atoms with Crippen molar-refractivity contribution in [1.82, 2.24) is 9.97 Å². The smallest absolute Gasteiger partial charge is 0.185 e. The second-order valence-corrected chi connectivity index (χ2v) is 7.00. The highest BCUT2D eigenvalue weighted by molar-refractivity contribution is 7.15. The Hall–Kier alpha value is -1.46. The standard InChI is InChI=1S/C15H22N4S/c1-15(2,3)13-12(9-16)20-14(18-13)19(4)10-11-5-7-17-8-6-11/h5-8H,9-10,16H2,1-4H3. The molecule has 0 amide bonds. The summed E-state index contributed by atoms with van der Waals surface area (Å²) in [6.45, 7) is 7.90. The molecule has 2 heterocycles. The third-order valence-corrected chi connectivity index (χ3v) is 4.27. The summed E-state index contributed by atoms with van der Waals surface area (Å²) in [5, 5.41) is 1.02. The van der Waals surface area contributed by atoms with Crippen molar-refractivity contribution in [2.75, 3.05) is 11.9 Å². The Kier molecular flexibility index (Phi) is 4.40. The molecule has 5 heteroatoms. The van der Waals surface area contributed by atoms with Crippen LogP contribution in [0.3, 0.4) is 0 Å². The maximum absolute atomic E-state index is 5.86. The first-order chi connectivity index (χ1) is 9.41. The molecular weight excluding hydrogens is 268 g/mol. The van der Waals surface area contributed by atoms with E-state index in [2.05, 4.69) is 37.7 Å². The van der Waals surface area contributed by atoms with E-state index in [-0.39, 0.29) is 5.41 Å². The van der Waals surface area contributed by atoms with Crippen LogP contribution in [0.4, 0.5) is 5.13 Å². The molecule has 2 aromatic heterocycles. The van der Waals surface area contributed by atoms with Crippen LogP contribution in [0.2, 0.25) is 0 Å². The zero-order chi connectivity index (χ0) is 14.8. The van der Waals surface area contributed by atoms with Gasteiger partial charge in [0, 0.05) is 42.8 Å². The van der Waals surface area contributed by atoms with Gasteiger partial charge in [-0.3, -0.25) is 4.98 Å². The van der Waals surface area contributed by atoms with E-state index in [0.717, 1.165) is 17.4 Å². The molecule has 20 heavy (non-hydrogen) atoms. The van der Waals surface area contributed by atoms with E-state index in [4.69, 9.17) is 10.7 Å². The lowest BCUT2D eigenvalue weighted by Crippen LogP contribution is -2.18. The van der Waals surface area contributed by atoms with Gasteiger partial charge in [-0.2, -0.15) is 0 Å². The first-order valence-electron chi connectivity index (χ1n) is 6.72. The summed E-state index contributed by atoms with van der Waals surface area (Å²) >= 11 is 1.69. The average molecular weight is 290 g/mol. The van der Waals surface area contributed by atoms with Crippen molar-refractivity contribution < 1.29 is 0 Å². The molecule has 0 atom stereocenters. The molecule has 0 aliphatic heterocycles. The molecule has 0 fully saturated rings. The quantitative estimate of drug-likeness (QED) is 0.940. The van der Waals surface area contributed by atoms with Gasteiger partial charge in [0.2, 0.25) is 0 Å². The van der Waals surface area contributed by atoms with Crippen LogP contribution in [0.1, 0.15) is 36.9 Å². The number of pyridine rings is 1. The van der Waals surface area contributed by atoms with E-state index in [0.29, 0.717) is 6.54 Å². The largest absolute Gasteiger partial charge is 0.347 e. The van der Waals surface area contributed by atoms with Crippen molar-refractivity contribution >= 4 is 16.5 Å². The third-order valence-electron chi connectivity index (χ3n) is 3.08. The van der Waals surface area contributed by atoms with Crippen LogP contribution in [0, 0.1) is 0 Å². The molecule has 2 N–H and O–H groups in total. The zero-order valence-corrected chi connectivity index (χ0v) is 13.4. The van der Waals surface area contributed by atoms with Gasteiger partial charge in [0.05, 0.1) is 5.69 Å². The lowest BCUT2D eigenvalue weighted by Gasteiger charge is -2.18. The Labute approximate surface area is 124 Å². The molecule has 2 rings (SSSR count). The van der Waals surface area contributed by atoms with Crippen LogP contribution in [0.15, 0.2) is 24.5 Å². The number of thiazole rings is 1.